The lowest BCUT2D eigenvalue weighted by Gasteiger charge is -2.27. The Labute approximate surface area is 135 Å². The fourth-order valence-corrected chi connectivity index (χ4v) is 2.21. The smallest absolute Gasteiger partial charge is 0.370 e. The van der Waals surface area contributed by atoms with E-state index < -0.39 is 17.6 Å². The molecule has 0 atom stereocenters. The van der Waals surface area contributed by atoms with Crippen molar-refractivity contribution in [1.82, 2.24) is 0 Å². The zero-order chi connectivity index (χ0) is 17.6. The Bertz CT molecular complexity index is 561. The van der Waals surface area contributed by atoms with Crippen molar-refractivity contribution in [2.45, 2.75) is 39.8 Å². The van der Waals surface area contributed by atoms with E-state index in [2.05, 4.69) is 11.9 Å². The van der Waals surface area contributed by atoms with E-state index in [9.17, 15) is 18.0 Å². The molecular weight excluding hydrogens is 305 g/mol. The maximum Gasteiger partial charge on any atom is 0.416 e. The molecule has 1 aromatic carbocycles. The van der Waals surface area contributed by atoms with Crippen LogP contribution in [-0.2, 0) is 11.0 Å². The van der Waals surface area contributed by atoms with Gasteiger partial charge in [-0.1, -0.05) is 20.4 Å². The van der Waals surface area contributed by atoms with Gasteiger partial charge in [0.05, 0.1) is 16.9 Å². The van der Waals surface area contributed by atoms with Gasteiger partial charge >= 0.3 is 6.18 Å². The number of hydrogen-bond donors (Lipinski definition) is 1. The normalized spacial score (nSPS) is 11.2. The van der Waals surface area contributed by atoms with Crippen LogP contribution in [0.15, 0.2) is 30.4 Å². The Morgan fingerprint density at radius 1 is 1.22 bits per heavy atom. The third-order valence-electron chi connectivity index (χ3n) is 3.29. The second-order valence-electron chi connectivity index (χ2n) is 5.45. The molecule has 3 nitrogen and oxygen atoms in total. The van der Waals surface area contributed by atoms with Crippen molar-refractivity contribution in [2.75, 3.05) is 23.3 Å². The van der Waals surface area contributed by atoms with Gasteiger partial charge in [0.25, 0.3) is 5.91 Å². The lowest BCUT2D eigenvalue weighted by Crippen LogP contribution is -2.27. The summed E-state index contributed by atoms with van der Waals surface area (Å²) in [7, 11) is 0. The van der Waals surface area contributed by atoms with Crippen molar-refractivity contribution in [3.63, 3.8) is 0 Å². The molecule has 0 aromatic heterocycles. The first kappa shape index (κ1) is 19.1. The Kier molecular flexibility index (Phi) is 6.66. The summed E-state index contributed by atoms with van der Waals surface area (Å²) in [6.45, 7) is 10.4. The molecule has 0 saturated heterocycles. The highest BCUT2D eigenvalue weighted by Gasteiger charge is 2.31. The third kappa shape index (κ3) is 5.30. The summed E-state index contributed by atoms with van der Waals surface area (Å²) < 4.78 is 38.8. The van der Waals surface area contributed by atoms with E-state index in [1.54, 1.807) is 0 Å². The number of alkyl halides is 3. The van der Waals surface area contributed by atoms with E-state index in [1.165, 1.54) is 13.0 Å². The molecule has 0 fully saturated rings. The van der Waals surface area contributed by atoms with Gasteiger partial charge in [-0.25, -0.2) is 0 Å². The van der Waals surface area contributed by atoms with Crippen molar-refractivity contribution in [3.8, 4) is 0 Å². The maximum absolute atomic E-state index is 12.9. The molecule has 0 heterocycles. The van der Waals surface area contributed by atoms with Crippen LogP contribution in [0.5, 0.6) is 0 Å². The van der Waals surface area contributed by atoms with Crippen LogP contribution in [0.2, 0.25) is 0 Å². The molecule has 1 amide bonds. The molecule has 0 bridgehead atoms. The second kappa shape index (κ2) is 8.04. The van der Waals surface area contributed by atoms with Crippen molar-refractivity contribution in [3.05, 3.63) is 35.9 Å². The average Bonchev–Trinajstić information content (AvgIpc) is 2.46. The quantitative estimate of drug-likeness (QED) is 0.726. The predicted molar refractivity (Wildman–Crippen MR) is 87.7 cm³/mol. The van der Waals surface area contributed by atoms with Crippen LogP contribution in [0.4, 0.5) is 24.5 Å². The molecule has 1 rings (SSSR count). The van der Waals surface area contributed by atoms with Gasteiger partial charge in [-0.2, -0.15) is 13.2 Å². The van der Waals surface area contributed by atoms with Crippen LogP contribution in [0.1, 0.15) is 39.2 Å². The number of rotatable bonds is 7. The summed E-state index contributed by atoms with van der Waals surface area (Å²) in [5.41, 5.74) is 0.211. The summed E-state index contributed by atoms with van der Waals surface area (Å²) in [4.78, 5) is 13.8. The van der Waals surface area contributed by atoms with Crippen molar-refractivity contribution < 1.29 is 18.0 Å². The third-order valence-corrected chi connectivity index (χ3v) is 3.29. The van der Waals surface area contributed by atoms with Gasteiger partial charge in [-0.05, 0) is 38.0 Å². The molecule has 0 unspecified atom stereocenters. The molecule has 0 aliphatic heterocycles. The van der Waals surface area contributed by atoms with Crippen LogP contribution in [0, 0.1) is 0 Å². The number of carbonyl (C=O) groups is 1. The second-order valence-corrected chi connectivity index (χ2v) is 5.45. The monoisotopic (exact) mass is 328 g/mol. The zero-order valence-electron chi connectivity index (χ0n) is 13.8. The van der Waals surface area contributed by atoms with E-state index in [0.717, 1.165) is 25.0 Å². The summed E-state index contributed by atoms with van der Waals surface area (Å²) in [6.07, 6.45) is -2.74. The van der Waals surface area contributed by atoms with Gasteiger partial charge in [0.1, 0.15) is 0 Å². The Morgan fingerprint density at radius 3 is 2.22 bits per heavy atom. The van der Waals surface area contributed by atoms with Gasteiger partial charge < -0.3 is 10.2 Å². The number of anilines is 2. The first-order valence-corrected chi connectivity index (χ1v) is 7.63. The summed E-state index contributed by atoms with van der Waals surface area (Å²) in [5, 5.41) is 2.54. The van der Waals surface area contributed by atoms with E-state index in [0.29, 0.717) is 18.8 Å². The lowest BCUT2D eigenvalue weighted by atomic mass is 10.1. The Hall–Kier alpha value is -1.98. The number of amides is 1. The first-order chi connectivity index (χ1) is 10.7. The number of nitrogens with one attached hydrogen (secondary N) is 1. The number of halogens is 3. The highest BCUT2D eigenvalue weighted by molar-refractivity contribution is 6.04. The topological polar surface area (TPSA) is 32.3 Å². The minimum absolute atomic E-state index is 0.162. The molecule has 6 heteroatoms. The summed E-state index contributed by atoms with van der Waals surface area (Å²) in [5.74, 6) is -0.487. The lowest BCUT2D eigenvalue weighted by molar-refractivity contribution is -0.137. The van der Waals surface area contributed by atoms with Crippen LogP contribution in [0.3, 0.4) is 0 Å². The molecular formula is C17H23F3N2O. The Morgan fingerprint density at radius 2 is 1.78 bits per heavy atom. The fourth-order valence-electron chi connectivity index (χ4n) is 2.21. The molecule has 0 spiro atoms. The number of benzene rings is 1. The van der Waals surface area contributed by atoms with Crippen LogP contribution >= 0.6 is 0 Å². The van der Waals surface area contributed by atoms with Crippen molar-refractivity contribution in [1.29, 1.82) is 0 Å². The minimum Gasteiger partial charge on any atom is -0.370 e. The molecule has 1 aromatic rings. The highest BCUT2D eigenvalue weighted by atomic mass is 19.4. The minimum atomic E-state index is -4.46. The molecule has 0 aliphatic carbocycles. The largest absolute Gasteiger partial charge is 0.416 e. The van der Waals surface area contributed by atoms with Gasteiger partial charge in [0.2, 0.25) is 0 Å². The molecule has 0 radical (unpaired) electrons. The maximum atomic E-state index is 12.9. The van der Waals surface area contributed by atoms with Crippen molar-refractivity contribution >= 4 is 17.3 Å². The van der Waals surface area contributed by atoms with E-state index in [4.69, 9.17) is 0 Å². The zero-order valence-corrected chi connectivity index (χ0v) is 13.8. The first-order valence-electron chi connectivity index (χ1n) is 7.63. The van der Waals surface area contributed by atoms with Crippen LogP contribution in [-0.4, -0.2) is 19.0 Å². The van der Waals surface area contributed by atoms with Crippen LogP contribution < -0.4 is 10.2 Å². The van der Waals surface area contributed by atoms with E-state index in [-0.39, 0.29) is 11.3 Å². The molecule has 0 saturated carbocycles. The van der Waals surface area contributed by atoms with E-state index >= 15 is 0 Å². The van der Waals surface area contributed by atoms with Crippen molar-refractivity contribution in [2.24, 2.45) is 0 Å². The average molecular weight is 328 g/mol. The molecule has 0 aliphatic rings. The predicted octanol–water partition coefficient (Wildman–Crippen LogP) is 4.85. The van der Waals surface area contributed by atoms with Gasteiger partial charge in [0.15, 0.2) is 0 Å². The highest BCUT2D eigenvalue weighted by Crippen LogP contribution is 2.35. The fraction of sp³-hybridized carbons (Fsp3) is 0.471. The summed E-state index contributed by atoms with van der Waals surface area (Å²) in [6, 6.07) is 3.45. The SMILES string of the molecule is C=C(C)C(=O)Nc1cc(C(F)(F)F)ccc1N(CCC)CCC. The molecule has 23 heavy (non-hydrogen) atoms. The van der Waals surface area contributed by atoms with Gasteiger partial charge in [-0.15, -0.1) is 0 Å². The van der Waals surface area contributed by atoms with Gasteiger partial charge in [0, 0.05) is 18.7 Å². The summed E-state index contributed by atoms with van der Waals surface area (Å²) >= 11 is 0. The number of carbonyl (C=O) groups excluding carboxylic acids is 1. The number of hydrogen-bond acceptors (Lipinski definition) is 2. The number of nitrogens with zero attached hydrogens (tertiary/aromatic N) is 1. The standard InChI is InChI=1S/C17H23F3N2O/c1-5-9-22(10-6-2)15-8-7-13(17(18,19)20)11-14(15)21-16(23)12(3)4/h7-8,11H,3,5-6,9-10H2,1-2,4H3,(H,21,23). The molecule has 1 N–H and O–H groups in total. The van der Waals surface area contributed by atoms with E-state index in [1.807, 2.05) is 18.7 Å². The van der Waals surface area contributed by atoms with Gasteiger partial charge in [-0.3, -0.25) is 4.79 Å². The molecule has 128 valence electrons. The van der Waals surface area contributed by atoms with Crippen LogP contribution in [0.25, 0.3) is 0 Å². The Balaban J connectivity index is 3.31.